The van der Waals surface area contributed by atoms with Gasteiger partial charge in [0, 0.05) is 30.8 Å². The molecule has 2 rings (SSSR count). The number of carbonyl (C=O) groups is 1. The summed E-state index contributed by atoms with van der Waals surface area (Å²) in [6.07, 6.45) is 1.75. The van der Waals surface area contributed by atoms with Gasteiger partial charge in [0.15, 0.2) is 5.75 Å². The highest BCUT2D eigenvalue weighted by molar-refractivity contribution is 5.95. The highest BCUT2D eigenvalue weighted by Gasteiger charge is 2.25. The van der Waals surface area contributed by atoms with Crippen molar-refractivity contribution < 1.29 is 14.5 Å². The number of nitrogens with zero attached hydrogens (tertiary/aromatic N) is 2. The van der Waals surface area contributed by atoms with Crippen LogP contribution in [-0.4, -0.2) is 42.0 Å². The van der Waals surface area contributed by atoms with Crippen LogP contribution in [0.15, 0.2) is 18.2 Å². The number of likely N-dealkylation sites (tertiary alicyclic amines) is 1. The number of benzene rings is 1. The molecule has 2 N–H and O–H groups in total. The van der Waals surface area contributed by atoms with Crippen LogP contribution >= 0.6 is 0 Å². The van der Waals surface area contributed by atoms with Crippen LogP contribution in [0, 0.1) is 10.1 Å². The van der Waals surface area contributed by atoms with Crippen molar-refractivity contribution in [2.45, 2.75) is 18.9 Å². The van der Waals surface area contributed by atoms with Crippen molar-refractivity contribution in [1.82, 2.24) is 4.90 Å². The summed E-state index contributed by atoms with van der Waals surface area (Å²) in [6, 6.07) is 4.20. The van der Waals surface area contributed by atoms with Crippen LogP contribution in [-0.2, 0) is 0 Å². The highest BCUT2D eigenvalue weighted by Crippen LogP contribution is 2.28. The van der Waals surface area contributed by atoms with Gasteiger partial charge in [-0.05, 0) is 25.0 Å². The molecule has 0 bridgehead atoms. The van der Waals surface area contributed by atoms with E-state index in [1.165, 1.54) is 25.3 Å². The molecule has 1 fully saturated rings. The molecule has 108 valence electrons. The summed E-state index contributed by atoms with van der Waals surface area (Å²) in [5, 5.41) is 11.0. The van der Waals surface area contributed by atoms with E-state index in [-0.39, 0.29) is 28.9 Å². The van der Waals surface area contributed by atoms with Crippen LogP contribution in [0.4, 0.5) is 5.69 Å². The van der Waals surface area contributed by atoms with E-state index in [0.29, 0.717) is 13.1 Å². The van der Waals surface area contributed by atoms with Gasteiger partial charge < -0.3 is 15.4 Å². The van der Waals surface area contributed by atoms with Crippen molar-refractivity contribution in [2.75, 3.05) is 20.2 Å². The first kappa shape index (κ1) is 14.3. The molecule has 1 aromatic carbocycles. The standard InChI is InChI=1S/C13H17N3O4/c1-20-12-5-4-9(7-11(12)16(18)19)13(17)15-6-2-3-10(14)8-15/h4-5,7,10H,2-3,6,8,14H2,1H3. The van der Waals surface area contributed by atoms with Gasteiger partial charge in [0.1, 0.15) is 0 Å². The number of methoxy groups -OCH3 is 1. The zero-order valence-electron chi connectivity index (χ0n) is 11.2. The molecule has 1 aromatic rings. The lowest BCUT2D eigenvalue weighted by atomic mass is 10.0. The third kappa shape index (κ3) is 2.88. The molecular formula is C13H17N3O4. The number of amides is 1. The zero-order chi connectivity index (χ0) is 14.7. The number of carbonyl (C=O) groups excluding carboxylic acids is 1. The first-order chi connectivity index (χ1) is 9.52. The maximum absolute atomic E-state index is 12.3. The van der Waals surface area contributed by atoms with Crippen molar-refractivity contribution in [3.05, 3.63) is 33.9 Å². The fourth-order valence-corrected chi connectivity index (χ4v) is 2.34. The normalized spacial score (nSPS) is 18.7. The Balaban J connectivity index is 2.26. The van der Waals surface area contributed by atoms with Gasteiger partial charge in [-0.2, -0.15) is 0 Å². The highest BCUT2D eigenvalue weighted by atomic mass is 16.6. The second kappa shape index (κ2) is 5.87. The van der Waals surface area contributed by atoms with Gasteiger partial charge >= 0.3 is 5.69 Å². The molecule has 1 aliphatic heterocycles. The number of piperidine rings is 1. The van der Waals surface area contributed by atoms with E-state index in [9.17, 15) is 14.9 Å². The Morgan fingerprint density at radius 1 is 1.55 bits per heavy atom. The van der Waals surface area contributed by atoms with E-state index in [1.54, 1.807) is 4.90 Å². The molecule has 7 nitrogen and oxygen atoms in total. The number of nitrogens with two attached hydrogens (primary N) is 1. The van der Waals surface area contributed by atoms with Crippen LogP contribution in [0.5, 0.6) is 5.75 Å². The third-order valence-corrected chi connectivity index (χ3v) is 3.37. The maximum atomic E-state index is 12.3. The van der Waals surface area contributed by atoms with E-state index < -0.39 is 4.92 Å². The zero-order valence-corrected chi connectivity index (χ0v) is 11.2. The van der Waals surface area contributed by atoms with Gasteiger partial charge in [-0.3, -0.25) is 14.9 Å². The molecule has 1 heterocycles. The molecule has 1 atom stereocenters. The summed E-state index contributed by atoms with van der Waals surface area (Å²) in [4.78, 5) is 24.4. The molecule has 7 heteroatoms. The summed E-state index contributed by atoms with van der Waals surface area (Å²) < 4.78 is 4.92. The maximum Gasteiger partial charge on any atom is 0.311 e. The SMILES string of the molecule is COc1ccc(C(=O)N2CCCC(N)C2)cc1[N+](=O)[O-]. The number of nitro groups is 1. The second-order valence-corrected chi connectivity index (χ2v) is 4.80. The fraction of sp³-hybridized carbons (Fsp3) is 0.462. The van der Waals surface area contributed by atoms with E-state index in [1.807, 2.05) is 0 Å². The Kier molecular flexibility index (Phi) is 4.19. The largest absolute Gasteiger partial charge is 0.490 e. The molecule has 1 saturated heterocycles. The van der Waals surface area contributed by atoms with Crippen molar-refractivity contribution in [1.29, 1.82) is 0 Å². The Labute approximate surface area is 116 Å². The first-order valence-corrected chi connectivity index (χ1v) is 6.40. The second-order valence-electron chi connectivity index (χ2n) is 4.80. The lowest BCUT2D eigenvalue weighted by Crippen LogP contribution is -2.45. The number of hydrogen-bond acceptors (Lipinski definition) is 5. The molecule has 0 radical (unpaired) electrons. The van der Waals surface area contributed by atoms with Crippen LogP contribution < -0.4 is 10.5 Å². The third-order valence-electron chi connectivity index (χ3n) is 3.37. The van der Waals surface area contributed by atoms with E-state index in [2.05, 4.69) is 0 Å². The molecule has 1 amide bonds. The van der Waals surface area contributed by atoms with Crippen molar-refractivity contribution in [3.63, 3.8) is 0 Å². The molecule has 20 heavy (non-hydrogen) atoms. The minimum absolute atomic E-state index is 0.0269. The van der Waals surface area contributed by atoms with E-state index in [0.717, 1.165) is 12.8 Å². The van der Waals surface area contributed by atoms with Gasteiger partial charge in [0.25, 0.3) is 5.91 Å². The Morgan fingerprint density at radius 3 is 2.90 bits per heavy atom. The molecule has 0 saturated carbocycles. The van der Waals surface area contributed by atoms with Crippen molar-refractivity contribution in [2.24, 2.45) is 5.73 Å². The number of nitro benzene ring substituents is 1. The van der Waals surface area contributed by atoms with Crippen LogP contribution in [0.3, 0.4) is 0 Å². The summed E-state index contributed by atoms with van der Waals surface area (Å²) >= 11 is 0. The average Bonchev–Trinajstić information content (AvgIpc) is 2.45. The first-order valence-electron chi connectivity index (χ1n) is 6.40. The average molecular weight is 279 g/mol. The van der Waals surface area contributed by atoms with Crippen LogP contribution in [0.1, 0.15) is 23.2 Å². The van der Waals surface area contributed by atoms with E-state index in [4.69, 9.17) is 10.5 Å². The summed E-state index contributed by atoms with van der Waals surface area (Å²) in [7, 11) is 1.35. The predicted molar refractivity (Wildman–Crippen MR) is 72.8 cm³/mol. The number of ether oxygens (including phenoxy) is 1. The predicted octanol–water partition coefficient (Wildman–Crippen LogP) is 1.17. The minimum atomic E-state index is -0.558. The fourth-order valence-electron chi connectivity index (χ4n) is 2.34. The lowest BCUT2D eigenvalue weighted by Gasteiger charge is -2.30. The molecule has 1 aliphatic rings. The number of hydrogen-bond donors (Lipinski definition) is 1. The van der Waals surface area contributed by atoms with Gasteiger partial charge in [-0.25, -0.2) is 0 Å². The smallest absolute Gasteiger partial charge is 0.311 e. The molecular weight excluding hydrogens is 262 g/mol. The van der Waals surface area contributed by atoms with Crippen molar-refractivity contribution >= 4 is 11.6 Å². The quantitative estimate of drug-likeness (QED) is 0.661. The topological polar surface area (TPSA) is 98.7 Å². The molecule has 0 spiro atoms. The lowest BCUT2D eigenvalue weighted by molar-refractivity contribution is -0.385. The Bertz CT molecular complexity index is 532. The molecule has 0 aliphatic carbocycles. The Hall–Kier alpha value is -2.15. The number of rotatable bonds is 3. The summed E-state index contributed by atoms with van der Waals surface area (Å²) in [5.41, 5.74) is 5.92. The van der Waals surface area contributed by atoms with Gasteiger partial charge in [-0.1, -0.05) is 0 Å². The van der Waals surface area contributed by atoms with Crippen molar-refractivity contribution in [3.8, 4) is 5.75 Å². The van der Waals surface area contributed by atoms with Gasteiger partial charge in [0.2, 0.25) is 0 Å². The summed E-state index contributed by atoms with van der Waals surface area (Å²) in [6.45, 7) is 1.12. The van der Waals surface area contributed by atoms with Crippen LogP contribution in [0.25, 0.3) is 0 Å². The Morgan fingerprint density at radius 2 is 2.30 bits per heavy atom. The molecule has 1 unspecified atom stereocenters. The van der Waals surface area contributed by atoms with Crippen LogP contribution in [0.2, 0.25) is 0 Å². The minimum Gasteiger partial charge on any atom is -0.490 e. The monoisotopic (exact) mass is 279 g/mol. The van der Waals surface area contributed by atoms with Gasteiger partial charge in [-0.15, -0.1) is 0 Å². The van der Waals surface area contributed by atoms with Gasteiger partial charge in [0.05, 0.1) is 12.0 Å². The van der Waals surface area contributed by atoms with E-state index >= 15 is 0 Å². The summed E-state index contributed by atoms with van der Waals surface area (Å²) in [5.74, 6) is -0.0900. The molecule has 0 aromatic heterocycles.